The topological polar surface area (TPSA) is 107 Å². The smallest absolute Gasteiger partial charge is 0.214 e. The Morgan fingerprint density at radius 2 is 1.93 bits per heavy atom. The van der Waals surface area contributed by atoms with Crippen LogP contribution in [0.25, 0.3) is 22.3 Å². The van der Waals surface area contributed by atoms with Crippen LogP contribution in [-0.2, 0) is 31.4 Å². The molecule has 1 saturated heterocycles. The van der Waals surface area contributed by atoms with E-state index in [9.17, 15) is 10.2 Å². The number of fused-ring (bicyclic) bond motifs is 1. The average molecular weight is 562 g/mol. The molecule has 0 spiro atoms. The van der Waals surface area contributed by atoms with Gasteiger partial charge in [-0.2, -0.15) is 5.10 Å². The first-order chi connectivity index (χ1) is 19.7. The zero-order valence-electron chi connectivity index (χ0n) is 22.6. The van der Waals surface area contributed by atoms with E-state index in [1.165, 1.54) is 6.07 Å². The highest BCUT2D eigenvalue weighted by Gasteiger charge is 2.23. The fourth-order valence-electron chi connectivity index (χ4n) is 4.99. The molecule has 0 radical (unpaired) electrons. The molecular weight excluding hydrogens is 532 g/mol. The lowest BCUT2D eigenvalue weighted by Gasteiger charge is -2.27. The molecule has 2 N–H and O–H groups in total. The number of pyridine rings is 1. The molecule has 3 aromatic heterocycles. The highest BCUT2D eigenvalue weighted by molar-refractivity contribution is 5.77. The lowest BCUT2D eigenvalue weighted by atomic mass is 10.0. The van der Waals surface area contributed by atoms with E-state index < -0.39 is 17.9 Å². The Bertz CT molecular complexity index is 1730. The van der Waals surface area contributed by atoms with Gasteiger partial charge in [-0.3, -0.25) is 4.68 Å². The van der Waals surface area contributed by atoms with Gasteiger partial charge in [-0.15, -0.1) is 0 Å². The van der Waals surface area contributed by atoms with Crippen molar-refractivity contribution in [2.24, 2.45) is 7.05 Å². The number of aryl methyl sites for hydroxylation is 2. The SMILES string of the molecule is Cc1cn(C)nc1COc1cccc(-c2cc(F)c(Cc3nc4ccc(C(O)O)cc4n3C[C@@H]3CCO3)cc2F)n1. The summed E-state index contributed by atoms with van der Waals surface area (Å²) in [6.07, 6.45) is 1.12. The van der Waals surface area contributed by atoms with Crippen LogP contribution in [0.1, 0.15) is 40.9 Å². The number of rotatable bonds is 9. The first kappa shape index (κ1) is 27.0. The van der Waals surface area contributed by atoms with Crippen molar-refractivity contribution in [3.63, 3.8) is 0 Å². The Labute approximate surface area is 234 Å². The number of nitrogens with zero attached hydrogens (tertiary/aromatic N) is 5. The van der Waals surface area contributed by atoms with E-state index in [-0.39, 0.29) is 41.8 Å². The van der Waals surface area contributed by atoms with E-state index in [0.717, 1.165) is 23.7 Å². The number of benzene rings is 2. The molecule has 1 aliphatic heterocycles. The summed E-state index contributed by atoms with van der Waals surface area (Å²) in [4.78, 5) is 9.04. The van der Waals surface area contributed by atoms with Crippen molar-refractivity contribution in [1.82, 2.24) is 24.3 Å². The summed E-state index contributed by atoms with van der Waals surface area (Å²) >= 11 is 0. The molecule has 41 heavy (non-hydrogen) atoms. The zero-order chi connectivity index (χ0) is 28.7. The Morgan fingerprint density at radius 1 is 1.10 bits per heavy atom. The van der Waals surface area contributed by atoms with Crippen LogP contribution >= 0.6 is 0 Å². The second-order valence-corrected chi connectivity index (χ2v) is 10.2. The lowest BCUT2D eigenvalue weighted by molar-refractivity contribution is -0.0590. The Morgan fingerprint density at radius 3 is 2.63 bits per heavy atom. The van der Waals surface area contributed by atoms with E-state index in [1.54, 1.807) is 41.1 Å². The van der Waals surface area contributed by atoms with Crippen LogP contribution in [0.2, 0.25) is 0 Å². The highest BCUT2D eigenvalue weighted by atomic mass is 19.1. The molecule has 0 aliphatic carbocycles. The minimum atomic E-state index is -1.64. The van der Waals surface area contributed by atoms with E-state index in [1.807, 2.05) is 24.7 Å². The number of aliphatic hydroxyl groups excluding tert-OH is 1. The number of aromatic nitrogens is 5. The van der Waals surface area contributed by atoms with Gasteiger partial charge < -0.3 is 24.3 Å². The largest absolute Gasteiger partial charge is 0.471 e. The summed E-state index contributed by atoms with van der Waals surface area (Å²) in [5.74, 6) is -0.425. The average Bonchev–Trinajstić information content (AvgIpc) is 3.43. The first-order valence-electron chi connectivity index (χ1n) is 13.3. The summed E-state index contributed by atoms with van der Waals surface area (Å²) in [5.41, 5.74) is 3.74. The Balaban J connectivity index is 1.27. The van der Waals surface area contributed by atoms with Gasteiger partial charge in [0.2, 0.25) is 5.88 Å². The third-order valence-corrected chi connectivity index (χ3v) is 7.28. The van der Waals surface area contributed by atoms with Crippen molar-refractivity contribution in [2.45, 2.75) is 45.3 Å². The van der Waals surface area contributed by atoms with E-state index in [0.29, 0.717) is 35.6 Å². The second kappa shape index (κ2) is 11.0. The number of hydrogen-bond acceptors (Lipinski definition) is 7. The predicted molar refractivity (Wildman–Crippen MR) is 146 cm³/mol. The van der Waals surface area contributed by atoms with Gasteiger partial charge in [0.25, 0.3) is 0 Å². The molecule has 1 aliphatic rings. The maximum absolute atomic E-state index is 15.5. The highest BCUT2D eigenvalue weighted by Crippen LogP contribution is 2.29. The first-order valence-corrected chi connectivity index (χ1v) is 13.3. The summed E-state index contributed by atoms with van der Waals surface area (Å²) < 4.78 is 45.8. The molecule has 212 valence electrons. The van der Waals surface area contributed by atoms with Crippen molar-refractivity contribution < 1.29 is 28.5 Å². The van der Waals surface area contributed by atoms with Crippen LogP contribution < -0.4 is 4.74 Å². The maximum atomic E-state index is 15.5. The van der Waals surface area contributed by atoms with Crippen LogP contribution in [0.3, 0.4) is 0 Å². The Kier molecular flexibility index (Phi) is 7.24. The quantitative estimate of drug-likeness (QED) is 0.258. The standard InChI is InChI=1S/C30H29F2N5O4/c1-17-14-36(2)35-26(17)16-41-29-5-3-4-24(34-29)21-13-22(31)19(10-23(21)32)12-28-33-25-7-6-18(30(38)39)11-27(25)37(28)15-20-8-9-40-20/h3-7,10-11,13-14,20,30,38-39H,8-9,12,15-16H2,1-2H3/t20-/m0/s1. The summed E-state index contributed by atoms with van der Waals surface area (Å²) in [6, 6.07) is 12.1. The van der Waals surface area contributed by atoms with Crippen molar-refractivity contribution in [3.8, 4) is 17.1 Å². The molecule has 5 aromatic rings. The summed E-state index contributed by atoms with van der Waals surface area (Å²) in [7, 11) is 1.83. The van der Waals surface area contributed by atoms with Crippen LogP contribution in [0.5, 0.6) is 5.88 Å². The van der Waals surface area contributed by atoms with Crippen LogP contribution in [-0.4, -0.2) is 47.2 Å². The van der Waals surface area contributed by atoms with Gasteiger partial charge in [0.05, 0.1) is 29.4 Å². The molecule has 0 bridgehead atoms. The van der Waals surface area contributed by atoms with Gasteiger partial charge >= 0.3 is 0 Å². The molecule has 0 saturated carbocycles. The molecular formula is C30H29F2N5O4. The fraction of sp³-hybridized carbons (Fsp3) is 0.300. The van der Waals surface area contributed by atoms with Gasteiger partial charge in [0.1, 0.15) is 29.8 Å². The number of ether oxygens (including phenoxy) is 2. The third kappa shape index (κ3) is 5.56. The van der Waals surface area contributed by atoms with E-state index in [2.05, 4.69) is 15.1 Å². The van der Waals surface area contributed by atoms with Gasteiger partial charge in [0, 0.05) is 43.5 Å². The molecule has 11 heteroatoms. The molecule has 2 aromatic carbocycles. The number of aliphatic hydroxyl groups is 2. The predicted octanol–water partition coefficient (Wildman–Crippen LogP) is 4.36. The molecule has 6 rings (SSSR count). The maximum Gasteiger partial charge on any atom is 0.214 e. The van der Waals surface area contributed by atoms with Crippen LogP contribution in [0.4, 0.5) is 8.78 Å². The minimum Gasteiger partial charge on any atom is -0.471 e. The fourth-order valence-corrected chi connectivity index (χ4v) is 4.99. The van der Waals surface area contributed by atoms with E-state index in [4.69, 9.17) is 9.47 Å². The number of imidazole rings is 1. The third-order valence-electron chi connectivity index (χ3n) is 7.28. The van der Waals surface area contributed by atoms with Crippen LogP contribution in [0.15, 0.2) is 54.7 Å². The molecule has 0 amide bonds. The lowest BCUT2D eigenvalue weighted by Crippen LogP contribution is -2.31. The van der Waals surface area contributed by atoms with Crippen molar-refractivity contribution in [1.29, 1.82) is 0 Å². The molecule has 1 atom stereocenters. The van der Waals surface area contributed by atoms with Crippen molar-refractivity contribution in [2.75, 3.05) is 6.61 Å². The van der Waals surface area contributed by atoms with Gasteiger partial charge in [-0.25, -0.2) is 18.7 Å². The molecule has 1 fully saturated rings. The number of halogens is 2. The minimum absolute atomic E-state index is 0.0173. The van der Waals surface area contributed by atoms with Gasteiger partial charge in [-0.1, -0.05) is 12.1 Å². The van der Waals surface area contributed by atoms with Crippen molar-refractivity contribution in [3.05, 3.63) is 94.6 Å². The van der Waals surface area contributed by atoms with Gasteiger partial charge in [-0.05, 0) is 54.8 Å². The van der Waals surface area contributed by atoms with E-state index >= 15 is 8.78 Å². The summed E-state index contributed by atoms with van der Waals surface area (Å²) in [6.45, 7) is 3.26. The van der Waals surface area contributed by atoms with Crippen LogP contribution in [0, 0.1) is 18.6 Å². The molecule has 9 nitrogen and oxygen atoms in total. The zero-order valence-corrected chi connectivity index (χ0v) is 22.6. The molecule has 4 heterocycles. The Hall–Kier alpha value is -4.19. The summed E-state index contributed by atoms with van der Waals surface area (Å²) in [5, 5.41) is 23.6. The molecule has 0 unspecified atom stereocenters. The number of hydrogen-bond donors (Lipinski definition) is 2. The van der Waals surface area contributed by atoms with Gasteiger partial charge in [0.15, 0.2) is 6.29 Å². The second-order valence-electron chi connectivity index (χ2n) is 10.2. The monoisotopic (exact) mass is 561 g/mol. The van der Waals surface area contributed by atoms with Crippen molar-refractivity contribution >= 4 is 11.0 Å². The normalized spacial score (nSPS) is 15.0.